The number of fused-ring (bicyclic) bond motifs is 1. The van der Waals surface area contributed by atoms with Crippen LogP contribution < -0.4 is 15.8 Å². The number of nitrogens with two attached hydrogens (primary N) is 1. The molecule has 0 aliphatic carbocycles. The van der Waals surface area contributed by atoms with Crippen LogP contribution in [-0.2, 0) is 0 Å². The summed E-state index contributed by atoms with van der Waals surface area (Å²) in [5, 5.41) is 10.6. The zero-order valence-corrected chi connectivity index (χ0v) is 21.3. The van der Waals surface area contributed by atoms with Gasteiger partial charge in [-0.1, -0.05) is 24.3 Å². The number of aromatic nitrogens is 5. The lowest BCUT2D eigenvalue weighted by Crippen LogP contribution is -2.28. The summed E-state index contributed by atoms with van der Waals surface area (Å²) in [5.41, 5.74) is 9.03. The lowest BCUT2D eigenvalue weighted by molar-refractivity contribution is 0.0951. The van der Waals surface area contributed by atoms with Gasteiger partial charge in [-0.15, -0.1) is 0 Å². The van der Waals surface area contributed by atoms with E-state index in [-0.39, 0.29) is 11.7 Å². The molecule has 1 aliphatic heterocycles. The largest absolute Gasteiger partial charge is 0.439 e. The van der Waals surface area contributed by atoms with E-state index >= 15 is 0 Å². The van der Waals surface area contributed by atoms with E-state index < -0.39 is 0 Å². The van der Waals surface area contributed by atoms with Gasteiger partial charge >= 0.3 is 0 Å². The number of anilines is 1. The van der Waals surface area contributed by atoms with Crippen LogP contribution in [0.25, 0.3) is 28.2 Å². The Morgan fingerprint density at radius 3 is 2.69 bits per heavy atom. The molecule has 0 unspecified atom stereocenters. The summed E-state index contributed by atoms with van der Waals surface area (Å²) >= 11 is 0. The Balaban J connectivity index is 1.23. The first-order valence-electron chi connectivity index (χ1n) is 13.0. The van der Waals surface area contributed by atoms with E-state index in [1.54, 1.807) is 36.5 Å². The maximum atomic E-state index is 12.7. The molecule has 0 atom stereocenters. The third-order valence-electron chi connectivity index (χ3n) is 6.71. The first-order valence-corrected chi connectivity index (χ1v) is 13.0. The summed E-state index contributed by atoms with van der Waals surface area (Å²) in [7, 11) is 0. The summed E-state index contributed by atoms with van der Waals surface area (Å²) in [5.74, 6) is 1.33. The van der Waals surface area contributed by atoms with Gasteiger partial charge in [0.25, 0.3) is 5.91 Å². The highest BCUT2D eigenvalue weighted by Gasteiger charge is 2.21. The van der Waals surface area contributed by atoms with Gasteiger partial charge in [-0.2, -0.15) is 0 Å². The number of nitrogens with zero attached hydrogens (tertiary/aromatic N) is 6. The summed E-state index contributed by atoms with van der Waals surface area (Å²) < 4.78 is 12.8. The van der Waals surface area contributed by atoms with Gasteiger partial charge in [0, 0.05) is 23.9 Å². The van der Waals surface area contributed by atoms with Crippen molar-refractivity contribution in [1.29, 1.82) is 0 Å². The van der Waals surface area contributed by atoms with Gasteiger partial charge in [-0.05, 0) is 79.5 Å². The van der Waals surface area contributed by atoms with Crippen LogP contribution in [0.2, 0.25) is 0 Å². The van der Waals surface area contributed by atoms with E-state index in [0.717, 1.165) is 37.3 Å². The van der Waals surface area contributed by atoms with E-state index in [2.05, 4.69) is 30.5 Å². The number of nitrogen functional groups attached to an aromatic ring is 1. The van der Waals surface area contributed by atoms with E-state index in [9.17, 15) is 4.79 Å². The Hall–Kier alpha value is -4.77. The highest BCUT2D eigenvalue weighted by molar-refractivity contribution is 5.94. The molecule has 0 saturated carbocycles. The third-order valence-corrected chi connectivity index (χ3v) is 6.71. The molecule has 0 bridgehead atoms. The molecule has 11 nitrogen and oxygen atoms in total. The summed E-state index contributed by atoms with van der Waals surface area (Å²) in [6.45, 7) is 3.97. The fraction of sp³-hybridized carbons (Fsp3) is 0.250. The Kier molecular flexibility index (Phi) is 6.88. The monoisotopic (exact) mass is 524 g/mol. The molecule has 3 N–H and O–H groups in total. The minimum atomic E-state index is -0.129. The number of para-hydroxylation sites is 1. The van der Waals surface area contributed by atoms with Crippen molar-refractivity contribution in [1.82, 2.24) is 35.1 Å². The molecule has 1 amide bonds. The zero-order valence-electron chi connectivity index (χ0n) is 21.3. The summed E-state index contributed by atoms with van der Waals surface area (Å²) in [6, 6.07) is 18.5. The number of nitrogens with one attached hydrogen (secondary N) is 1. The van der Waals surface area contributed by atoms with Crippen LogP contribution in [0.15, 0.2) is 71.5 Å². The highest BCUT2D eigenvalue weighted by Crippen LogP contribution is 2.32. The number of likely N-dealkylation sites (tertiary alicyclic amines) is 1. The number of carbonyl (C=O) groups excluding carboxylic acids is 1. The number of hydrogen-bond donors (Lipinski definition) is 2. The molecule has 198 valence electrons. The molecule has 11 heteroatoms. The second kappa shape index (κ2) is 10.9. The molecule has 5 aromatic rings. The molecule has 1 aliphatic rings. The molecule has 0 radical (unpaired) electrons. The fourth-order valence-corrected chi connectivity index (χ4v) is 4.80. The van der Waals surface area contributed by atoms with Crippen molar-refractivity contribution in [3.63, 3.8) is 0 Å². The topological polar surface area (TPSA) is 137 Å². The van der Waals surface area contributed by atoms with Gasteiger partial charge in [-0.3, -0.25) is 9.36 Å². The van der Waals surface area contributed by atoms with Crippen LogP contribution in [0.4, 0.5) is 5.82 Å². The first-order chi connectivity index (χ1) is 19.2. The Morgan fingerprint density at radius 1 is 1.05 bits per heavy atom. The SMILES string of the molecule is Nc1nonc1-c1nc2cnc(Oc3cccc(C(=O)NCCCN4CCCC4)c3)cc2n1-c1ccccc1. The summed E-state index contributed by atoms with van der Waals surface area (Å²) in [4.78, 5) is 24.3. The third kappa shape index (κ3) is 5.30. The number of amides is 1. The van der Waals surface area contributed by atoms with Crippen LogP contribution in [0.1, 0.15) is 29.6 Å². The smallest absolute Gasteiger partial charge is 0.251 e. The number of carbonyl (C=O) groups is 1. The molecular formula is C28H28N8O3. The average molecular weight is 525 g/mol. The molecule has 1 fully saturated rings. The van der Waals surface area contributed by atoms with Crippen molar-refractivity contribution in [2.45, 2.75) is 19.3 Å². The number of pyridine rings is 1. The summed E-state index contributed by atoms with van der Waals surface area (Å²) in [6.07, 6.45) is 5.09. The maximum absolute atomic E-state index is 12.7. The van der Waals surface area contributed by atoms with Crippen molar-refractivity contribution < 1.29 is 14.2 Å². The first kappa shape index (κ1) is 24.6. The van der Waals surface area contributed by atoms with Crippen molar-refractivity contribution in [3.05, 3.63) is 72.4 Å². The van der Waals surface area contributed by atoms with E-state index in [1.807, 2.05) is 34.9 Å². The quantitative estimate of drug-likeness (QED) is 0.273. The van der Waals surface area contributed by atoms with Gasteiger partial charge in [0.05, 0.1) is 11.7 Å². The number of benzene rings is 2. The molecule has 3 aromatic heterocycles. The lowest BCUT2D eigenvalue weighted by Gasteiger charge is -2.14. The molecule has 2 aromatic carbocycles. The zero-order chi connectivity index (χ0) is 26.6. The van der Waals surface area contributed by atoms with Crippen LogP contribution in [0.5, 0.6) is 11.6 Å². The fourth-order valence-electron chi connectivity index (χ4n) is 4.80. The Bertz CT molecular complexity index is 1590. The van der Waals surface area contributed by atoms with Crippen LogP contribution >= 0.6 is 0 Å². The molecule has 4 heterocycles. The second-order valence-corrected chi connectivity index (χ2v) is 9.40. The Morgan fingerprint density at radius 2 is 1.90 bits per heavy atom. The van der Waals surface area contributed by atoms with Crippen molar-refractivity contribution in [3.8, 4) is 28.8 Å². The predicted octanol–water partition coefficient (Wildman–Crippen LogP) is 4.06. The molecule has 1 saturated heterocycles. The van der Waals surface area contributed by atoms with Crippen LogP contribution in [0, 0.1) is 0 Å². The molecule has 6 rings (SSSR count). The molecular weight excluding hydrogens is 496 g/mol. The second-order valence-electron chi connectivity index (χ2n) is 9.40. The van der Waals surface area contributed by atoms with Gasteiger partial charge < -0.3 is 20.7 Å². The van der Waals surface area contributed by atoms with Gasteiger partial charge in [0.1, 0.15) is 11.3 Å². The molecule has 39 heavy (non-hydrogen) atoms. The van der Waals surface area contributed by atoms with Crippen molar-refractivity contribution in [2.24, 2.45) is 0 Å². The van der Waals surface area contributed by atoms with E-state index in [1.165, 1.54) is 12.8 Å². The van der Waals surface area contributed by atoms with Gasteiger partial charge in [0.2, 0.25) is 5.88 Å². The highest BCUT2D eigenvalue weighted by atomic mass is 16.6. The number of imidazole rings is 1. The molecule has 0 spiro atoms. The standard InChI is InChI=1S/C28H28N8O3/c29-26-25(33-39-34-26)27-32-22-18-31-24(17-23(22)36(27)20-9-2-1-3-10-20)38-21-11-6-8-19(16-21)28(37)30-12-7-15-35-13-4-5-14-35/h1-3,6,8-11,16-18H,4-5,7,12-15H2,(H2,29,34)(H,30,37). The van der Waals surface area contributed by atoms with Crippen molar-refractivity contribution in [2.75, 3.05) is 31.9 Å². The van der Waals surface area contributed by atoms with E-state index in [0.29, 0.717) is 40.8 Å². The normalized spacial score (nSPS) is 13.6. The minimum Gasteiger partial charge on any atom is -0.439 e. The Labute approximate surface area is 224 Å². The average Bonchev–Trinajstić information content (AvgIpc) is 3.71. The number of ether oxygens (including phenoxy) is 1. The van der Waals surface area contributed by atoms with Gasteiger partial charge in [0.15, 0.2) is 17.3 Å². The number of hydrogen-bond acceptors (Lipinski definition) is 9. The maximum Gasteiger partial charge on any atom is 0.251 e. The number of rotatable bonds is 9. The minimum absolute atomic E-state index is 0.129. The van der Waals surface area contributed by atoms with Crippen LogP contribution in [0.3, 0.4) is 0 Å². The van der Waals surface area contributed by atoms with Crippen molar-refractivity contribution >= 4 is 22.8 Å². The predicted molar refractivity (Wildman–Crippen MR) is 146 cm³/mol. The van der Waals surface area contributed by atoms with E-state index in [4.69, 9.17) is 15.1 Å². The lowest BCUT2D eigenvalue weighted by atomic mass is 10.2. The van der Waals surface area contributed by atoms with Crippen LogP contribution in [-0.4, -0.2) is 61.8 Å². The van der Waals surface area contributed by atoms with Gasteiger partial charge in [-0.25, -0.2) is 14.6 Å².